The molecular formula is C28H46O8. The van der Waals surface area contributed by atoms with Gasteiger partial charge in [0.2, 0.25) is 0 Å². The molecule has 0 spiro atoms. The molecule has 2 saturated heterocycles. The van der Waals surface area contributed by atoms with Gasteiger partial charge in [-0.1, -0.05) is 70.4 Å². The van der Waals surface area contributed by atoms with E-state index in [4.69, 9.17) is 24.1 Å². The Bertz CT molecular complexity index is 676. The summed E-state index contributed by atoms with van der Waals surface area (Å²) in [7, 11) is 0. The molecule has 0 bridgehead atoms. The fourth-order valence-corrected chi connectivity index (χ4v) is 4.64. The lowest BCUT2D eigenvalue weighted by Gasteiger charge is -2.17. The van der Waals surface area contributed by atoms with Crippen LogP contribution in [0.15, 0.2) is 12.2 Å². The molecule has 0 unspecified atom stereocenters. The number of hydrogen-bond donors (Lipinski definition) is 1. The summed E-state index contributed by atoms with van der Waals surface area (Å²) in [5.41, 5.74) is 0. The number of carboxylic acid groups (broad SMARTS) is 1. The molecule has 1 N–H and O–H groups in total. The lowest BCUT2D eigenvalue weighted by Crippen LogP contribution is -2.36. The van der Waals surface area contributed by atoms with Gasteiger partial charge in [-0.05, 0) is 32.1 Å². The highest BCUT2D eigenvalue weighted by molar-refractivity contribution is 5.76. The quantitative estimate of drug-likeness (QED) is 0.130. The fourth-order valence-electron chi connectivity index (χ4n) is 4.64. The van der Waals surface area contributed by atoms with Crippen LogP contribution in [0.3, 0.4) is 0 Å². The molecule has 8 heteroatoms. The van der Waals surface area contributed by atoms with Crippen LogP contribution in [0, 0.1) is 0 Å². The molecule has 8 nitrogen and oxygen atoms in total. The van der Waals surface area contributed by atoms with Gasteiger partial charge in [-0.15, -0.1) is 0 Å². The molecule has 0 aliphatic carbocycles. The van der Waals surface area contributed by atoms with Crippen molar-refractivity contribution in [2.24, 2.45) is 0 Å². The third-order valence-corrected chi connectivity index (χ3v) is 6.71. The van der Waals surface area contributed by atoms with Gasteiger partial charge in [0.1, 0.15) is 12.2 Å². The summed E-state index contributed by atoms with van der Waals surface area (Å²) in [6, 6.07) is 0. The highest BCUT2D eigenvalue weighted by Gasteiger charge is 2.51. The molecule has 4 atom stereocenters. The number of allylic oxidation sites excluding steroid dienone is 2. The number of unbranched alkanes of at least 4 members (excludes halogenated alkanes) is 11. The minimum Gasteiger partial charge on any atom is -0.481 e. The molecule has 2 aliphatic heterocycles. The molecule has 2 rings (SSSR count). The Kier molecular flexibility index (Phi) is 15.4. The normalized spacial score (nSPS) is 23.1. The predicted molar refractivity (Wildman–Crippen MR) is 136 cm³/mol. The van der Waals surface area contributed by atoms with E-state index in [0.29, 0.717) is 6.42 Å². The van der Waals surface area contributed by atoms with Crippen LogP contribution >= 0.6 is 0 Å². The van der Waals surface area contributed by atoms with Crippen molar-refractivity contribution in [1.29, 1.82) is 0 Å². The van der Waals surface area contributed by atoms with E-state index in [-0.39, 0.29) is 32.0 Å². The average molecular weight is 511 g/mol. The van der Waals surface area contributed by atoms with Crippen LogP contribution in [0.5, 0.6) is 0 Å². The van der Waals surface area contributed by atoms with Crippen molar-refractivity contribution in [2.75, 3.05) is 13.2 Å². The number of rotatable bonds is 20. The van der Waals surface area contributed by atoms with Gasteiger partial charge >= 0.3 is 17.9 Å². The zero-order valence-electron chi connectivity index (χ0n) is 22.0. The van der Waals surface area contributed by atoms with Crippen LogP contribution in [0.2, 0.25) is 0 Å². The number of carbonyl (C=O) groups excluding carboxylic acids is 2. The Morgan fingerprint density at radius 1 is 0.694 bits per heavy atom. The molecule has 0 saturated carbocycles. The van der Waals surface area contributed by atoms with Gasteiger partial charge in [-0.2, -0.15) is 0 Å². The molecule has 0 aromatic heterocycles. The van der Waals surface area contributed by atoms with E-state index in [1.807, 2.05) is 0 Å². The Labute approximate surface area is 216 Å². The van der Waals surface area contributed by atoms with E-state index in [9.17, 15) is 14.4 Å². The van der Waals surface area contributed by atoms with Crippen molar-refractivity contribution in [3.8, 4) is 0 Å². The van der Waals surface area contributed by atoms with E-state index in [0.717, 1.165) is 25.7 Å². The number of carboxylic acids is 1. The van der Waals surface area contributed by atoms with E-state index in [1.54, 1.807) is 0 Å². The van der Waals surface area contributed by atoms with Crippen LogP contribution in [-0.2, 0) is 33.3 Å². The maximum atomic E-state index is 12.2. The average Bonchev–Trinajstić information content (AvgIpc) is 3.43. The van der Waals surface area contributed by atoms with Gasteiger partial charge in [-0.25, -0.2) is 0 Å². The smallest absolute Gasteiger partial charge is 0.306 e. The predicted octanol–water partition coefficient (Wildman–Crippen LogP) is 5.51. The number of hydrogen-bond acceptors (Lipinski definition) is 7. The number of carbonyl (C=O) groups is 3. The van der Waals surface area contributed by atoms with Crippen LogP contribution in [0.25, 0.3) is 0 Å². The minimum absolute atomic E-state index is 0.149. The molecule has 2 fully saturated rings. The zero-order chi connectivity index (χ0) is 26.0. The van der Waals surface area contributed by atoms with Crippen molar-refractivity contribution in [1.82, 2.24) is 0 Å². The molecule has 36 heavy (non-hydrogen) atoms. The standard InChI is InChI=1S/C28H46O8/c1-2-3-4-5-6-7-8-9-10-11-12-13-14-15-16-17-25(31)35-22-20-33-28-23(21-34-27(22)28)36-26(32)19-18-24(29)30/h9-10,22-23,27-28H,2-8,11-21H2,1H3,(H,29,30)/b10-9-/t22-,23+,27+,28+/m0/s1. The Morgan fingerprint density at radius 2 is 1.17 bits per heavy atom. The van der Waals surface area contributed by atoms with Gasteiger partial charge in [0.25, 0.3) is 0 Å². The first-order valence-corrected chi connectivity index (χ1v) is 14.0. The van der Waals surface area contributed by atoms with Crippen LogP contribution in [-0.4, -0.2) is 60.6 Å². The van der Waals surface area contributed by atoms with Gasteiger partial charge < -0.3 is 24.1 Å². The second kappa shape index (κ2) is 18.3. The Balaban J connectivity index is 1.45. The summed E-state index contributed by atoms with van der Waals surface area (Å²) in [6.45, 7) is 2.60. The molecule has 0 aromatic rings. The molecule has 2 aliphatic rings. The first kappa shape index (κ1) is 30.3. The van der Waals surface area contributed by atoms with Crippen molar-refractivity contribution < 1.29 is 38.4 Å². The lowest BCUT2D eigenvalue weighted by atomic mass is 10.1. The lowest BCUT2D eigenvalue weighted by molar-refractivity contribution is -0.157. The topological polar surface area (TPSA) is 108 Å². The van der Waals surface area contributed by atoms with E-state index < -0.39 is 36.4 Å². The highest BCUT2D eigenvalue weighted by atomic mass is 16.7. The third-order valence-electron chi connectivity index (χ3n) is 6.71. The van der Waals surface area contributed by atoms with Crippen molar-refractivity contribution in [3.05, 3.63) is 12.2 Å². The Morgan fingerprint density at radius 3 is 1.69 bits per heavy atom. The maximum Gasteiger partial charge on any atom is 0.306 e. The molecule has 0 radical (unpaired) electrons. The van der Waals surface area contributed by atoms with Gasteiger partial charge in [0, 0.05) is 6.42 Å². The summed E-state index contributed by atoms with van der Waals surface area (Å²) in [5.74, 6) is -1.91. The van der Waals surface area contributed by atoms with Crippen molar-refractivity contribution >= 4 is 17.9 Å². The second-order valence-corrected chi connectivity index (χ2v) is 9.88. The van der Waals surface area contributed by atoms with Crippen LogP contribution in [0.1, 0.15) is 110 Å². The van der Waals surface area contributed by atoms with Crippen molar-refractivity contribution in [3.63, 3.8) is 0 Å². The van der Waals surface area contributed by atoms with E-state index in [1.165, 1.54) is 57.8 Å². The summed E-state index contributed by atoms with van der Waals surface area (Å²) < 4.78 is 22.2. The first-order valence-electron chi connectivity index (χ1n) is 14.0. The second-order valence-electron chi connectivity index (χ2n) is 9.88. The van der Waals surface area contributed by atoms with E-state index in [2.05, 4.69) is 19.1 Å². The molecule has 206 valence electrons. The van der Waals surface area contributed by atoms with Crippen LogP contribution < -0.4 is 0 Å². The largest absolute Gasteiger partial charge is 0.481 e. The monoisotopic (exact) mass is 510 g/mol. The molecule has 0 aromatic carbocycles. The summed E-state index contributed by atoms with van der Waals surface area (Å²) >= 11 is 0. The van der Waals surface area contributed by atoms with Crippen LogP contribution in [0.4, 0.5) is 0 Å². The number of esters is 2. The molecule has 2 heterocycles. The molecular weight excluding hydrogens is 464 g/mol. The summed E-state index contributed by atoms with van der Waals surface area (Å²) in [4.78, 5) is 34.6. The van der Waals surface area contributed by atoms with Gasteiger partial charge in [0.15, 0.2) is 12.2 Å². The summed E-state index contributed by atoms with van der Waals surface area (Å²) in [5, 5.41) is 8.67. The zero-order valence-corrected chi connectivity index (χ0v) is 22.0. The Hall–Kier alpha value is -1.93. The number of ether oxygens (including phenoxy) is 4. The first-order chi connectivity index (χ1) is 17.5. The van der Waals surface area contributed by atoms with Gasteiger partial charge in [-0.3, -0.25) is 14.4 Å². The maximum absolute atomic E-state index is 12.2. The van der Waals surface area contributed by atoms with Crippen molar-refractivity contribution in [2.45, 2.75) is 134 Å². The summed E-state index contributed by atoms with van der Waals surface area (Å²) in [6.07, 6.45) is 18.2. The molecule has 0 amide bonds. The fraction of sp³-hybridized carbons (Fsp3) is 0.821. The number of fused-ring (bicyclic) bond motifs is 1. The SMILES string of the molecule is CCCCCCCC/C=C\CCCCCCCC(=O)O[C@H]1CO[C@H]2[C@@H]1OC[C@H]2OC(=O)CCC(=O)O. The number of aliphatic carboxylic acids is 1. The highest BCUT2D eigenvalue weighted by Crippen LogP contribution is 2.31. The third kappa shape index (κ3) is 12.3. The minimum atomic E-state index is -1.05. The van der Waals surface area contributed by atoms with Gasteiger partial charge in [0.05, 0.1) is 26.1 Å². The van der Waals surface area contributed by atoms with E-state index >= 15 is 0 Å².